The van der Waals surface area contributed by atoms with Gasteiger partial charge in [0.2, 0.25) is 5.91 Å². The quantitative estimate of drug-likeness (QED) is 0.775. The predicted octanol–water partition coefficient (Wildman–Crippen LogP) is 1.21. The van der Waals surface area contributed by atoms with E-state index in [-0.39, 0.29) is 29.7 Å². The Labute approximate surface area is 149 Å². The average molecular weight is 373 g/mol. The number of likely N-dealkylation sites (tertiary alicyclic amines) is 1. The van der Waals surface area contributed by atoms with E-state index in [9.17, 15) is 18.0 Å². The number of nitrogens with zero attached hydrogens (tertiary/aromatic N) is 1. The Kier molecular flexibility index (Phi) is 5.29. The standard InChI is InChI=1S/C17H22F3N3O3/c1-23-5-2-3-11(23)9-26-14-12(15(21)24)7-10(17(18,19)20)8-13(14)16-22-4-6-25-16/h7-8,11,14,22H,2-6,9H2,1H3,(H2,21,24)/t11-,14?/m0/s1. The molecule has 6 nitrogen and oxygen atoms in total. The number of alkyl halides is 3. The Morgan fingerprint density at radius 3 is 2.77 bits per heavy atom. The molecular weight excluding hydrogens is 351 g/mol. The number of amides is 1. The van der Waals surface area contributed by atoms with Crippen LogP contribution in [-0.4, -0.2) is 62.5 Å². The van der Waals surface area contributed by atoms with Gasteiger partial charge in [0, 0.05) is 11.6 Å². The summed E-state index contributed by atoms with van der Waals surface area (Å²) in [6, 6.07) is 0.154. The van der Waals surface area contributed by atoms with E-state index in [1.54, 1.807) is 0 Å². The van der Waals surface area contributed by atoms with Crippen LogP contribution in [-0.2, 0) is 14.3 Å². The zero-order valence-electron chi connectivity index (χ0n) is 14.4. The fraction of sp³-hybridized carbons (Fsp3) is 0.588. The first-order chi connectivity index (χ1) is 12.3. The molecule has 2 heterocycles. The van der Waals surface area contributed by atoms with E-state index in [2.05, 4.69) is 10.2 Å². The highest BCUT2D eigenvalue weighted by Crippen LogP contribution is 2.36. The number of carbonyl (C=O) groups is 1. The monoisotopic (exact) mass is 373 g/mol. The van der Waals surface area contributed by atoms with Gasteiger partial charge in [-0.2, -0.15) is 13.2 Å². The third kappa shape index (κ3) is 3.88. The predicted molar refractivity (Wildman–Crippen MR) is 87.8 cm³/mol. The van der Waals surface area contributed by atoms with Crippen LogP contribution in [0.15, 0.2) is 34.8 Å². The van der Waals surface area contributed by atoms with Crippen molar-refractivity contribution in [2.75, 3.05) is 33.4 Å². The van der Waals surface area contributed by atoms with E-state index < -0.39 is 23.8 Å². The van der Waals surface area contributed by atoms with Gasteiger partial charge in [-0.1, -0.05) is 0 Å². The van der Waals surface area contributed by atoms with Crippen molar-refractivity contribution in [2.45, 2.75) is 31.2 Å². The molecule has 3 N–H and O–H groups in total. The van der Waals surface area contributed by atoms with E-state index in [0.717, 1.165) is 31.5 Å². The van der Waals surface area contributed by atoms with Gasteiger partial charge in [-0.15, -0.1) is 0 Å². The molecule has 0 radical (unpaired) electrons. The molecule has 2 aliphatic heterocycles. The molecule has 2 fully saturated rings. The molecule has 0 aromatic carbocycles. The van der Waals surface area contributed by atoms with Crippen molar-refractivity contribution in [2.24, 2.45) is 5.73 Å². The molecule has 0 aromatic heterocycles. The number of hydrogen-bond acceptors (Lipinski definition) is 5. The Morgan fingerprint density at radius 2 is 2.23 bits per heavy atom. The molecule has 2 atom stereocenters. The minimum Gasteiger partial charge on any atom is -0.477 e. The molecule has 1 aliphatic carbocycles. The number of carbonyl (C=O) groups excluding carboxylic acids is 1. The molecule has 9 heteroatoms. The van der Waals surface area contributed by atoms with Crippen LogP contribution < -0.4 is 11.1 Å². The maximum Gasteiger partial charge on any atom is 0.416 e. The molecule has 26 heavy (non-hydrogen) atoms. The van der Waals surface area contributed by atoms with Gasteiger partial charge in [-0.25, -0.2) is 0 Å². The van der Waals surface area contributed by atoms with Crippen LogP contribution in [0.4, 0.5) is 13.2 Å². The lowest BCUT2D eigenvalue weighted by Gasteiger charge is -2.29. The largest absolute Gasteiger partial charge is 0.477 e. The Bertz CT molecular complexity index is 662. The van der Waals surface area contributed by atoms with Gasteiger partial charge in [0.15, 0.2) is 5.88 Å². The fourth-order valence-electron chi connectivity index (χ4n) is 3.38. The minimum absolute atomic E-state index is 0.145. The minimum atomic E-state index is -4.61. The Balaban J connectivity index is 1.93. The van der Waals surface area contributed by atoms with Gasteiger partial charge < -0.3 is 25.4 Å². The molecule has 0 spiro atoms. The molecule has 3 rings (SSSR count). The Hall–Kier alpha value is -2.00. The first-order valence-corrected chi connectivity index (χ1v) is 8.50. The van der Waals surface area contributed by atoms with Crippen LogP contribution in [0, 0.1) is 0 Å². The number of primary amides is 1. The number of allylic oxidation sites excluding steroid dienone is 2. The van der Waals surface area contributed by atoms with E-state index in [0.29, 0.717) is 13.2 Å². The molecule has 2 saturated heterocycles. The van der Waals surface area contributed by atoms with Crippen molar-refractivity contribution in [3.8, 4) is 0 Å². The molecule has 1 amide bonds. The maximum absolute atomic E-state index is 13.3. The number of halogens is 3. The highest BCUT2D eigenvalue weighted by atomic mass is 19.4. The second-order valence-corrected chi connectivity index (χ2v) is 6.61. The van der Waals surface area contributed by atoms with Crippen LogP contribution in [0.25, 0.3) is 0 Å². The van der Waals surface area contributed by atoms with Crippen molar-refractivity contribution in [3.05, 3.63) is 34.8 Å². The Morgan fingerprint density at radius 1 is 1.46 bits per heavy atom. The van der Waals surface area contributed by atoms with Gasteiger partial charge in [-0.3, -0.25) is 4.79 Å². The molecule has 144 valence electrons. The SMILES string of the molecule is CN1CCC[C@H]1COC1C(C(N)=O)=CC(C(F)(F)F)=CC1=C1NCCO1. The summed E-state index contributed by atoms with van der Waals surface area (Å²) in [4.78, 5) is 14.0. The smallest absolute Gasteiger partial charge is 0.416 e. The van der Waals surface area contributed by atoms with Gasteiger partial charge in [0.05, 0.1) is 24.3 Å². The van der Waals surface area contributed by atoms with Crippen molar-refractivity contribution < 1.29 is 27.4 Å². The van der Waals surface area contributed by atoms with E-state index in [4.69, 9.17) is 15.2 Å². The normalized spacial score (nSPS) is 29.8. The molecule has 1 unspecified atom stereocenters. The van der Waals surface area contributed by atoms with Crippen molar-refractivity contribution in [3.63, 3.8) is 0 Å². The average Bonchev–Trinajstić information content (AvgIpc) is 3.23. The van der Waals surface area contributed by atoms with Crippen LogP contribution in [0.5, 0.6) is 0 Å². The third-order valence-electron chi connectivity index (χ3n) is 4.82. The highest BCUT2D eigenvalue weighted by molar-refractivity contribution is 5.95. The second-order valence-electron chi connectivity index (χ2n) is 6.61. The molecule has 0 saturated carbocycles. The van der Waals surface area contributed by atoms with E-state index in [1.165, 1.54) is 0 Å². The zero-order valence-corrected chi connectivity index (χ0v) is 14.4. The van der Waals surface area contributed by atoms with Crippen LogP contribution >= 0.6 is 0 Å². The first-order valence-electron chi connectivity index (χ1n) is 8.50. The summed E-state index contributed by atoms with van der Waals surface area (Å²) in [5.41, 5.74) is 4.33. The summed E-state index contributed by atoms with van der Waals surface area (Å²) in [5.74, 6) is -0.746. The van der Waals surface area contributed by atoms with Crippen LogP contribution in [0.3, 0.4) is 0 Å². The molecular formula is C17H22F3N3O3. The van der Waals surface area contributed by atoms with E-state index >= 15 is 0 Å². The first kappa shape index (κ1) is 18.8. The van der Waals surface area contributed by atoms with Crippen molar-refractivity contribution >= 4 is 5.91 Å². The number of hydrogen-bond donors (Lipinski definition) is 2. The van der Waals surface area contributed by atoms with E-state index in [1.807, 2.05) is 7.05 Å². The van der Waals surface area contributed by atoms with Gasteiger partial charge in [0.1, 0.15) is 12.7 Å². The molecule has 3 aliphatic rings. The van der Waals surface area contributed by atoms with Crippen LogP contribution in [0.1, 0.15) is 12.8 Å². The van der Waals surface area contributed by atoms with Crippen molar-refractivity contribution in [1.82, 2.24) is 10.2 Å². The summed E-state index contributed by atoms with van der Waals surface area (Å²) >= 11 is 0. The number of likely N-dealkylation sites (N-methyl/N-ethyl adjacent to an activating group) is 1. The summed E-state index contributed by atoms with van der Waals surface area (Å²) in [6.07, 6.45) is -1.91. The lowest BCUT2D eigenvalue weighted by Crippen LogP contribution is -2.37. The summed E-state index contributed by atoms with van der Waals surface area (Å²) in [5, 5.41) is 2.90. The van der Waals surface area contributed by atoms with Crippen molar-refractivity contribution in [1.29, 1.82) is 0 Å². The lowest BCUT2D eigenvalue weighted by molar-refractivity contribution is -0.115. The molecule has 0 aromatic rings. The second kappa shape index (κ2) is 7.32. The number of ether oxygens (including phenoxy) is 2. The highest BCUT2D eigenvalue weighted by Gasteiger charge is 2.40. The topological polar surface area (TPSA) is 76.8 Å². The van der Waals surface area contributed by atoms with Gasteiger partial charge in [0.25, 0.3) is 0 Å². The molecule has 0 bridgehead atoms. The van der Waals surface area contributed by atoms with Gasteiger partial charge in [-0.05, 0) is 38.6 Å². The summed E-state index contributed by atoms with van der Waals surface area (Å²) in [7, 11) is 1.97. The maximum atomic E-state index is 13.3. The van der Waals surface area contributed by atoms with Crippen LogP contribution in [0.2, 0.25) is 0 Å². The summed E-state index contributed by atoms with van der Waals surface area (Å²) in [6.45, 7) is 2.04. The van der Waals surface area contributed by atoms with Gasteiger partial charge >= 0.3 is 6.18 Å². The number of nitrogens with two attached hydrogens (primary N) is 1. The number of rotatable bonds is 4. The fourth-order valence-corrected chi connectivity index (χ4v) is 3.38. The summed E-state index contributed by atoms with van der Waals surface area (Å²) < 4.78 is 51.0. The number of nitrogens with one attached hydrogen (secondary N) is 1. The zero-order chi connectivity index (χ0) is 18.9. The lowest BCUT2D eigenvalue weighted by atomic mass is 9.91. The third-order valence-corrected chi connectivity index (χ3v) is 4.82.